The van der Waals surface area contributed by atoms with Crippen LogP contribution in [-0.2, 0) is 4.79 Å². The molecule has 20 heavy (non-hydrogen) atoms. The van der Waals surface area contributed by atoms with E-state index >= 15 is 0 Å². The smallest absolute Gasteiger partial charge is 0.277 e. The van der Waals surface area contributed by atoms with E-state index in [2.05, 4.69) is 10.5 Å². The fourth-order valence-electron chi connectivity index (χ4n) is 1.33. The van der Waals surface area contributed by atoms with Crippen molar-refractivity contribution in [1.29, 1.82) is 5.26 Å². The van der Waals surface area contributed by atoms with Gasteiger partial charge in [-0.15, -0.1) is 0 Å². The van der Waals surface area contributed by atoms with E-state index in [9.17, 15) is 4.79 Å². The second kappa shape index (κ2) is 7.07. The van der Waals surface area contributed by atoms with Crippen LogP contribution < -0.4 is 10.2 Å². The summed E-state index contributed by atoms with van der Waals surface area (Å²) in [6.07, 6.45) is 1.57. The van der Waals surface area contributed by atoms with Crippen LogP contribution in [0.15, 0.2) is 46.2 Å². The molecule has 1 aromatic heterocycles. The number of thiophene rings is 1. The van der Waals surface area contributed by atoms with E-state index in [0.717, 1.165) is 5.56 Å². The second-order valence-electron chi connectivity index (χ2n) is 3.77. The molecule has 0 radical (unpaired) electrons. The number of ether oxygens (including phenoxy) is 1. The average Bonchev–Trinajstić information content (AvgIpc) is 2.99. The Kier molecular flexibility index (Phi) is 4.87. The van der Waals surface area contributed by atoms with Gasteiger partial charge in [-0.1, -0.05) is 0 Å². The van der Waals surface area contributed by atoms with Crippen molar-refractivity contribution in [3.05, 3.63) is 52.2 Å². The maximum Gasteiger partial charge on any atom is 0.277 e. The highest BCUT2D eigenvalue weighted by Gasteiger charge is 2.01. The zero-order valence-corrected chi connectivity index (χ0v) is 11.3. The Hall–Kier alpha value is -2.65. The molecule has 6 heteroatoms. The van der Waals surface area contributed by atoms with Crippen molar-refractivity contribution in [2.45, 2.75) is 0 Å². The third kappa shape index (κ3) is 4.23. The third-order valence-electron chi connectivity index (χ3n) is 2.30. The number of rotatable bonds is 5. The van der Waals surface area contributed by atoms with Gasteiger partial charge in [-0.05, 0) is 41.1 Å². The summed E-state index contributed by atoms with van der Waals surface area (Å²) in [5, 5.41) is 16.3. The van der Waals surface area contributed by atoms with Gasteiger partial charge < -0.3 is 4.74 Å². The van der Waals surface area contributed by atoms with Gasteiger partial charge >= 0.3 is 0 Å². The van der Waals surface area contributed by atoms with Gasteiger partial charge in [0.2, 0.25) is 0 Å². The number of nitriles is 1. The number of hydrogen-bond acceptors (Lipinski definition) is 5. The van der Waals surface area contributed by atoms with Crippen LogP contribution in [0.4, 0.5) is 0 Å². The summed E-state index contributed by atoms with van der Waals surface area (Å²) in [6, 6.07) is 10.4. The number of nitrogens with one attached hydrogen (secondary N) is 1. The molecule has 1 aromatic carbocycles. The maximum atomic E-state index is 11.5. The van der Waals surface area contributed by atoms with Crippen LogP contribution in [-0.4, -0.2) is 18.7 Å². The largest absolute Gasteiger partial charge is 0.484 e. The number of hydrogen-bond donors (Lipinski definition) is 1. The van der Waals surface area contributed by atoms with Crippen LogP contribution >= 0.6 is 11.3 Å². The summed E-state index contributed by atoms with van der Waals surface area (Å²) in [7, 11) is 0. The monoisotopic (exact) mass is 285 g/mol. The van der Waals surface area contributed by atoms with Crippen LogP contribution in [0.3, 0.4) is 0 Å². The van der Waals surface area contributed by atoms with Gasteiger partial charge in [0, 0.05) is 5.56 Å². The fourth-order valence-corrected chi connectivity index (χ4v) is 1.94. The molecule has 5 nitrogen and oxygen atoms in total. The molecule has 2 aromatic rings. The zero-order valence-electron chi connectivity index (χ0n) is 10.4. The lowest BCUT2D eigenvalue weighted by molar-refractivity contribution is -0.123. The quantitative estimate of drug-likeness (QED) is 0.675. The van der Waals surface area contributed by atoms with Crippen LogP contribution in [0.2, 0.25) is 0 Å². The minimum absolute atomic E-state index is 0.132. The first-order chi connectivity index (χ1) is 9.78. The average molecular weight is 285 g/mol. The first kappa shape index (κ1) is 13.8. The van der Waals surface area contributed by atoms with Crippen molar-refractivity contribution >= 4 is 23.5 Å². The SMILES string of the molecule is N#Cc1ccc(OCC(=O)N/N=C\c2ccsc2)cc1. The number of carbonyl (C=O) groups excluding carboxylic acids is 1. The molecule has 0 bridgehead atoms. The van der Waals surface area contributed by atoms with Gasteiger partial charge in [0.25, 0.3) is 5.91 Å². The van der Waals surface area contributed by atoms with Crippen molar-refractivity contribution < 1.29 is 9.53 Å². The highest BCUT2D eigenvalue weighted by atomic mass is 32.1. The molecule has 100 valence electrons. The Bertz CT molecular complexity index is 627. The predicted molar refractivity (Wildman–Crippen MR) is 76.7 cm³/mol. The van der Waals surface area contributed by atoms with Crippen molar-refractivity contribution in [3.8, 4) is 11.8 Å². The van der Waals surface area contributed by atoms with Crippen molar-refractivity contribution in [2.75, 3.05) is 6.61 Å². The Morgan fingerprint density at radius 3 is 2.85 bits per heavy atom. The lowest BCUT2D eigenvalue weighted by Crippen LogP contribution is -2.24. The van der Waals surface area contributed by atoms with E-state index in [1.54, 1.807) is 41.8 Å². The van der Waals surface area contributed by atoms with Crippen LogP contribution in [0.5, 0.6) is 5.75 Å². The summed E-state index contributed by atoms with van der Waals surface area (Å²) in [4.78, 5) is 11.5. The molecule has 0 fully saturated rings. The van der Waals surface area contributed by atoms with Crippen LogP contribution in [0, 0.1) is 11.3 Å². The van der Waals surface area contributed by atoms with Gasteiger partial charge in [0.1, 0.15) is 5.75 Å². The maximum absolute atomic E-state index is 11.5. The highest BCUT2D eigenvalue weighted by Crippen LogP contribution is 2.11. The summed E-state index contributed by atoms with van der Waals surface area (Å²) < 4.78 is 5.26. The number of benzene rings is 1. The molecule has 0 saturated heterocycles. The molecular formula is C14H11N3O2S. The van der Waals surface area contributed by atoms with E-state index < -0.39 is 0 Å². The van der Waals surface area contributed by atoms with Gasteiger partial charge in [0.15, 0.2) is 6.61 Å². The summed E-state index contributed by atoms with van der Waals surface area (Å²) in [5.41, 5.74) is 3.85. The molecule has 1 heterocycles. The molecule has 0 aliphatic carbocycles. The van der Waals surface area contributed by atoms with E-state index in [-0.39, 0.29) is 12.5 Å². The Morgan fingerprint density at radius 1 is 1.40 bits per heavy atom. The standard InChI is InChI=1S/C14H11N3O2S/c15-7-11-1-3-13(4-2-11)19-9-14(18)17-16-8-12-5-6-20-10-12/h1-6,8,10H,9H2,(H,17,18)/b16-8-. The number of nitrogens with zero attached hydrogens (tertiary/aromatic N) is 2. The molecule has 0 unspecified atom stereocenters. The van der Waals surface area contributed by atoms with E-state index in [4.69, 9.17) is 10.00 Å². The lowest BCUT2D eigenvalue weighted by Gasteiger charge is -2.04. The molecule has 0 aliphatic rings. The first-order valence-corrected chi connectivity index (χ1v) is 6.69. The fraction of sp³-hybridized carbons (Fsp3) is 0.0714. The number of hydrazone groups is 1. The molecular weight excluding hydrogens is 274 g/mol. The van der Waals surface area contributed by atoms with Crippen molar-refractivity contribution in [1.82, 2.24) is 5.43 Å². The van der Waals surface area contributed by atoms with E-state index in [0.29, 0.717) is 11.3 Å². The Labute approximate surface area is 120 Å². The molecule has 2 rings (SSSR count). The van der Waals surface area contributed by atoms with Gasteiger partial charge in [0.05, 0.1) is 17.8 Å². The first-order valence-electron chi connectivity index (χ1n) is 5.75. The second-order valence-corrected chi connectivity index (χ2v) is 4.55. The van der Waals surface area contributed by atoms with Gasteiger partial charge in [-0.25, -0.2) is 5.43 Å². The highest BCUT2D eigenvalue weighted by molar-refractivity contribution is 7.08. The normalized spacial score (nSPS) is 10.2. The lowest BCUT2D eigenvalue weighted by atomic mass is 10.2. The molecule has 1 amide bonds. The molecule has 0 aliphatic heterocycles. The van der Waals surface area contributed by atoms with Crippen molar-refractivity contribution in [3.63, 3.8) is 0 Å². The van der Waals surface area contributed by atoms with E-state index in [1.807, 2.05) is 22.9 Å². The molecule has 0 saturated carbocycles. The minimum Gasteiger partial charge on any atom is -0.484 e. The summed E-state index contributed by atoms with van der Waals surface area (Å²) in [6.45, 7) is -0.132. The Balaban J connectivity index is 1.76. The predicted octanol–water partition coefficient (Wildman–Crippen LogP) is 2.15. The minimum atomic E-state index is -0.346. The summed E-state index contributed by atoms with van der Waals surface area (Å²) in [5.74, 6) is 0.182. The van der Waals surface area contributed by atoms with Gasteiger partial charge in [-0.2, -0.15) is 21.7 Å². The number of amides is 1. The summed E-state index contributed by atoms with van der Waals surface area (Å²) >= 11 is 1.56. The third-order valence-corrected chi connectivity index (χ3v) is 3.00. The molecule has 0 atom stereocenters. The van der Waals surface area contributed by atoms with Crippen LogP contribution in [0.25, 0.3) is 0 Å². The zero-order chi connectivity index (χ0) is 14.2. The topological polar surface area (TPSA) is 74.5 Å². The number of carbonyl (C=O) groups is 1. The van der Waals surface area contributed by atoms with Gasteiger partial charge in [-0.3, -0.25) is 4.79 Å². The Morgan fingerprint density at radius 2 is 2.20 bits per heavy atom. The van der Waals surface area contributed by atoms with Crippen LogP contribution in [0.1, 0.15) is 11.1 Å². The van der Waals surface area contributed by atoms with E-state index in [1.165, 1.54) is 0 Å². The van der Waals surface area contributed by atoms with Crippen molar-refractivity contribution in [2.24, 2.45) is 5.10 Å². The molecule has 1 N–H and O–H groups in total. The molecule has 0 spiro atoms.